The predicted molar refractivity (Wildman–Crippen MR) is 98.1 cm³/mol. The van der Waals surface area contributed by atoms with E-state index in [4.69, 9.17) is 0 Å². The summed E-state index contributed by atoms with van der Waals surface area (Å²) in [6.45, 7) is 6.81. The second-order valence-electron chi connectivity index (χ2n) is 6.61. The van der Waals surface area contributed by atoms with E-state index in [1.807, 2.05) is 10.7 Å². The highest BCUT2D eigenvalue weighted by Gasteiger charge is 2.24. The van der Waals surface area contributed by atoms with Gasteiger partial charge in [-0.1, -0.05) is 25.1 Å². The Morgan fingerprint density at radius 2 is 2.21 bits per heavy atom. The number of hydrogen-bond donors (Lipinski definition) is 2. The minimum Gasteiger partial charge on any atom is -0.350 e. The fourth-order valence-electron chi connectivity index (χ4n) is 2.77. The number of piperidine rings is 1. The Bertz CT molecular complexity index is 649. The van der Waals surface area contributed by atoms with E-state index in [-0.39, 0.29) is 23.7 Å². The van der Waals surface area contributed by atoms with Crippen molar-refractivity contribution < 1.29 is 4.79 Å². The summed E-state index contributed by atoms with van der Waals surface area (Å²) in [5, 5.41) is 16.5. The van der Waals surface area contributed by atoms with Gasteiger partial charge in [-0.2, -0.15) is 0 Å². The Kier molecular flexibility index (Phi) is 6.37. The number of thiophene rings is 1. The van der Waals surface area contributed by atoms with Gasteiger partial charge in [-0.15, -0.1) is 28.8 Å². The first-order valence-corrected chi connectivity index (χ1v) is 8.89. The molecule has 2 aromatic rings. The van der Waals surface area contributed by atoms with Crippen LogP contribution in [0.4, 0.5) is 0 Å². The van der Waals surface area contributed by atoms with Gasteiger partial charge in [0.1, 0.15) is 0 Å². The van der Waals surface area contributed by atoms with Crippen LogP contribution in [0.2, 0.25) is 0 Å². The first kappa shape index (κ1) is 18.9. The first-order valence-electron chi connectivity index (χ1n) is 8.01. The van der Waals surface area contributed by atoms with Crippen LogP contribution in [0.15, 0.2) is 23.7 Å². The van der Waals surface area contributed by atoms with Gasteiger partial charge in [0.2, 0.25) is 0 Å². The van der Waals surface area contributed by atoms with E-state index in [1.165, 1.54) is 4.88 Å². The molecule has 0 atom stereocenters. The minimum atomic E-state index is -0.158. The van der Waals surface area contributed by atoms with Crippen molar-refractivity contribution >= 4 is 29.7 Å². The molecular weight excluding hydrogens is 346 g/mol. The van der Waals surface area contributed by atoms with Gasteiger partial charge in [-0.05, 0) is 37.4 Å². The lowest BCUT2D eigenvalue weighted by Gasteiger charge is -2.23. The molecule has 3 rings (SSSR count). The maximum absolute atomic E-state index is 12.3. The van der Waals surface area contributed by atoms with E-state index in [1.54, 1.807) is 17.5 Å². The number of nitrogens with zero attached hydrogens (tertiary/aromatic N) is 3. The lowest BCUT2D eigenvalue weighted by atomic mass is 9.91. The number of carbonyl (C=O) groups excluding carboxylic acids is 1. The van der Waals surface area contributed by atoms with E-state index >= 15 is 0 Å². The van der Waals surface area contributed by atoms with Gasteiger partial charge in [0.05, 0.1) is 12.2 Å². The largest absolute Gasteiger partial charge is 0.350 e. The zero-order valence-electron chi connectivity index (χ0n) is 14.0. The number of halogens is 1. The van der Waals surface area contributed by atoms with E-state index < -0.39 is 0 Å². The van der Waals surface area contributed by atoms with Crippen LogP contribution in [0.1, 0.15) is 48.1 Å². The van der Waals surface area contributed by atoms with Crippen molar-refractivity contribution in [1.82, 2.24) is 25.6 Å². The summed E-state index contributed by atoms with van der Waals surface area (Å²) in [7, 11) is 0. The topological polar surface area (TPSA) is 71.8 Å². The number of nitrogens with one attached hydrogen (secondary N) is 2. The Labute approximate surface area is 152 Å². The third-order valence-electron chi connectivity index (χ3n) is 4.30. The summed E-state index contributed by atoms with van der Waals surface area (Å²) in [6.07, 6.45) is 3.81. The molecule has 6 nitrogen and oxygen atoms in total. The summed E-state index contributed by atoms with van der Waals surface area (Å²) in [5.74, 6) is -0.158. The average Bonchev–Trinajstić information content (AvgIpc) is 3.25. The molecule has 24 heavy (non-hydrogen) atoms. The SMILES string of the molecule is CC(C)(CNC(=O)c1cn(C2CCNCC2)nn1)c1cccs1.Cl. The van der Waals surface area contributed by atoms with Crippen LogP contribution in [0, 0.1) is 0 Å². The molecule has 0 saturated carbocycles. The predicted octanol–water partition coefficient (Wildman–Crippen LogP) is 2.39. The zero-order chi connectivity index (χ0) is 16.3. The molecule has 2 N–H and O–H groups in total. The molecule has 0 unspecified atom stereocenters. The lowest BCUT2D eigenvalue weighted by Crippen LogP contribution is -2.36. The van der Waals surface area contributed by atoms with Gasteiger partial charge >= 0.3 is 0 Å². The highest BCUT2D eigenvalue weighted by molar-refractivity contribution is 7.10. The van der Waals surface area contributed by atoms with Gasteiger partial charge < -0.3 is 10.6 Å². The molecule has 8 heteroatoms. The second-order valence-corrected chi connectivity index (χ2v) is 7.56. The van der Waals surface area contributed by atoms with Crippen molar-refractivity contribution in [3.8, 4) is 0 Å². The summed E-state index contributed by atoms with van der Waals surface area (Å²) in [4.78, 5) is 13.6. The average molecular weight is 370 g/mol. The van der Waals surface area contributed by atoms with Crippen LogP contribution >= 0.6 is 23.7 Å². The molecule has 2 aromatic heterocycles. The maximum atomic E-state index is 12.3. The Hall–Kier alpha value is -1.44. The summed E-state index contributed by atoms with van der Waals surface area (Å²) < 4.78 is 1.83. The molecule has 1 fully saturated rings. The molecule has 132 valence electrons. The number of amides is 1. The number of rotatable bonds is 5. The monoisotopic (exact) mass is 369 g/mol. The second kappa shape index (κ2) is 8.09. The van der Waals surface area contributed by atoms with Gasteiger partial charge in [0.25, 0.3) is 5.91 Å². The molecule has 1 saturated heterocycles. The Morgan fingerprint density at radius 1 is 1.46 bits per heavy atom. The first-order chi connectivity index (χ1) is 11.1. The summed E-state index contributed by atoms with van der Waals surface area (Å²) in [6, 6.07) is 4.48. The third-order valence-corrected chi connectivity index (χ3v) is 5.54. The standard InChI is InChI=1S/C16H23N5OS.ClH/c1-16(2,14-4-3-9-23-14)11-18-15(22)13-10-21(20-19-13)12-5-7-17-8-6-12;/h3-4,9-10,12,17H,5-8,11H2,1-2H3,(H,18,22);1H. The van der Waals surface area contributed by atoms with E-state index in [2.05, 4.69) is 46.2 Å². The fourth-order valence-corrected chi connectivity index (χ4v) is 3.63. The van der Waals surface area contributed by atoms with Crippen LogP contribution in [-0.4, -0.2) is 40.5 Å². The van der Waals surface area contributed by atoms with Crippen LogP contribution in [0.3, 0.4) is 0 Å². The molecule has 3 heterocycles. The smallest absolute Gasteiger partial charge is 0.273 e. The molecule has 0 radical (unpaired) electrons. The van der Waals surface area contributed by atoms with Crippen LogP contribution < -0.4 is 10.6 Å². The van der Waals surface area contributed by atoms with Gasteiger partial charge in [0, 0.05) is 16.8 Å². The van der Waals surface area contributed by atoms with Crippen molar-refractivity contribution in [1.29, 1.82) is 0 Å². The Balaban J connectivity index is 0.00000208. The number of aromatic nitrogens is 3. The molecule has 0 aliphatic carbocycles. The minimum absolute atomic E-state index is 0. The maximum Gasteiger partial charge on any atom is 0.273 e. The normalized spacial score (nSPS) is 15.8. The molecule has 0 aromatic carbocycles. The van der Waals surface area contributed by atoms with Crippen LogP contribution in [0.25, 0.3) is 0 Å². The van der Waals surface area contributed by atoms with Crippen molar-refractivity contribution in [2.24, 2.45) is 0 Å². The van der Waals surface area contributed by atoms with Crippen LogP contribution in [-0.2, 0) is 5.41 Å². The fraction of sp³-hybridized carbons (Fsp3) is 0.562. The molecule has 1 amide bonds. The summed E-state index contributed by atoms with van der Waals surface area (Å²) >= 11 is 1.71. The van der Waals surface area contributed by atoms with E-state index in [0.29, 0.717) is 18.3 Å². The number of hydrogen-bond acceptors (Lipinski definition) is 5. The lowest BCUT2D eigenvalue weighted by molar-refractivity contribution is 0.0941. The van der Waals surface area contributed by atoms with Crippen molar-refractivity contribution in [3.05, 3.63) is 34.3 Å². The van der Waals surface area contributed by atoms with E-state index in [0.717, 1.165) is 25.9 Å². The third kappa shape index (κ3) is 4.34. The highest BCUT2D eigenvalue weighted by Crippen LogP contribution is 2.26. The van der Waals surface area contributed by atoms with Crippen molar-refractivity contribution in [3.63, 3.8) is 0 Å². The quantitative estimate of drug-likeness (QED) is 0.848. The van der Waals surface area contributed by atoms with Gasteiger partial charge in [-0.25, -0.2) is 4.68 Å². The highest BCUT2D eigenvalue weighted by atomic mass is 35.5. The van der Waals surface area contributed by atoms with Crippen molar-refractivity contribution in [2.75, 3.05) is 19.6 Å². The molecule has 0 spiro atoms. The van der Waals surface area contributed by atoms with Gasteiger partial charge in [0.15, 0.2) is 5.69 Å². The molecular formula is C16H24ClN5OS. The van der Waals surface area contributed by atoms with E-state index in [9.17, 15) is 4.79 Å². The number of carbonyl (C=O) groups is 1. The molecule has 1 aliphatic heterocycles. The van der Waals surface area contributed by atoms with Crippen molar-refractivity contribution in [2.45, 2.75) is 38.1 Å². The van der Waals surface area contributed by atoms with Gasteiger partial charge in [-0.3, -0.25) is 4.79 Å². The molecule has 1 aliphatic rings. The van der Waals surface area contributed by atoms with Crippen LogP contribution in [0.5, 0.6) is 0 Å². The summed E-state index contributed by atoms with van der Waals surface area (Å²) in [5.41, 5.74) is 0.306. The zero-order valence-corrected chi connectivity index (χ0v) is 15.6. The Morgan fingerprint density at radius 3 is 2.88 bits per heavy atom. The molecule has 0 bridgehead atoms.